The molecule has 1 atom stereocenters. The number of amides is 1. The molecule has 2 aliphatic heterocycles. The van der Waals surface area contributed by atoms with Gasteiger partial charge in [0.15, 0.2) is 0 Å². The molecule has 1 aromatic carbocycles. The molecule has 1 aromatic rings. The van der Waals surface area contributed by atoms with Crippen LogP contribution in [0.3, 0.4) is 0 Å². The number of piperazine rings is 1. The van der Waals surface area contributed by atoms with E-state index in [0.29, 0.717) is 19.1 Å². The monoisotopic (exact) mass is 375 g/mol. The van der Waals surface area contributed by atoms with Gasteiger partial charge in [-0.05, 0) is 38.9 Å². The first-order valence-electron chi connectivity index (χ1n) is 9.70. The molecule has 1 N–H and O–H groups in total. The molecule has 2 heterocycles. The molecule has 0 aliphatic carbocycles. The van der Waals surface area contributed by atoms with E-state index < -0.39 is 4.92 Å². The number of carbonyl (C=O) groups excluding carboxylic acids is 1. The Bertz CT molecular complexity index is 682. The maximum atomic E-state index is 12.7. The lowest BCUT2D eigenvalue weighted by Gasteiger charge is -2.36. The van der Waals surface area contributed by atoms with Crippen LogP contribution in [-0.4, -0.2) is 84.4 Å². The van der Waals surface area contributed by atoms with E-state index in [4.69, 9.17) is 0 Å². The summed E-state index contributed by atoms with van der Waals surface area (Å²) in [6, 6.07) is 5.11. The highest BCUT2D eigenvalue weighted by molar-refractivity contribution is 5.99. The van der Waals surface area contributed by atoms with Gasteiger partial charge in [0, 0.05) is 63.6 Å². The van der Waals surface area contributed by atoms with Crippen molar-refractivity contribution in [3.8, 4) is 0 Å². The summed E-state index contributed by atoms with van der Waals surface area (Å²) in [6.07, 6.45) is 1.92. The molecule has 27 heavy (non-hydrogen) atoms. The maximum absolute atomic E-state index is 12.7. The molecule has 0 bridgehead atoms. The van der Waals surface area contributed by atoms with Crippen LogP contribution < -0.4 is 5.32 Å². The van der Waals surface area contributed by atoms with Crippen LogP contribution in [0.15, 0.2) is 18.2 Å². The molecule has 1 unspecified atom stereocenters. The number of nitrogens with one attached hydrogen (secondary N) is 1. The fourth-order valence-corrected chi connectivity index (χ4v) is 3.72. The molecular formula is C19H29N5O3. The standard InChI is InChI=1S/C19H29N5O3/c1-15(22-11-9-21(2)10-12-22)14-20-16-5-6-18(24(26)27)17(13-16)19(25)23-7-3-4-8-23/h5-6,13,15,20H,3-4,7-12,14H2,1-2H3. The molecule has 1 amide bonds. The smallest absolute Gasteiger partial charge is 0.282 e. The van der Waals surface area contributed by atoms with E-state index >= 15 is 0 Å². The van der Waals surface area contributed by atoms with Crippen molar-refractivity contribution in [3.05, 3.63) is 33.9 Å². The van der Waals surface area contributed by atoms with E-state index in [1.807, 2.05) is 0 Å². The zero-order valence-corrected chi connectivity index (χ0v) is 16.2. The van der Waals surface area contributed by atoms with Crippen molar-refractivity contribution in [2.75, 3.05) is 58.2 Å². The summed E-state index contributed by atoms with van der Waals surface area (Å²) in [4.78, 5) is 30.1. The first kappa shape index (κ1) is 19.6. The van der Waals surface area contributed by atoms with Crippen molar-refractivity contribution in [1.29, 1.82) is 0 Å². The van der Waals surface area contributed by atoms with Crippen LogP contribution in [0.4, 0.5) is 11.4 Å². The topological polar surface area (TPSA) is 82.0 Å². The lowest BCUT2D eigenvalue weighted by molar-refractivity contribution is -0.385. The van der Waals surface area contributed by atoms with E-state index in [1.54, 1.807) is 17.0 Å². The lowest BCUT2D eigenvalue weighted by atomic mass is 10.1. The number of nitrogens with zero attached hydrogens (tertiary/aromatic N) is 4. The highest BCUT2D eigenvalue weighted by atomic mass is 16.6. The molecule has 2 aliphatic rings. The third-order valence-corrected chi connectivity index (χ3v) is 5.58. The van der Waals surface area contributed by atoms with Crippen LogP contribution >= 0.6 is 0 Å². The third kappa shape index (κ3) is 4.75. The number of benzene rings is 1. The second-order valence-corrected chi connectivity index (χ2v) is 7.56. The molecule has 148 valence electrons. The third-order valence-electron chi connectivity index (χ3n) is 5.58. The van der Waals surface area contributed by atoms with Crippen molar-refractivity contribution >= 4 is 17.3 Å². The van der Waals surface area contributed by atoms with E-state index in [0.717, 1.165) is 51.3 Å². The molecule has 2 saturated heterocycles. The predicted octanol–water partition coefficient (Wildman–Crippen LogP) is 1.88. The van der Waals surface area contributed by atoms with Gasteiger partial charge in [-0.3, -0.25) is 19.8 Å². The van der Waals surface area contributed by atoms with Gasteiger partial charge < -0.3 is 15.1 Å². The number of hydrogen-bond acceptors (Lipinski definition) is 6. The summed E-state index contributed by atoms with van der Waals surface area (Å²) >= 11 is 0. The molecule has 8 nitrogen and oxygen atoms in total. The Labute approximate surface area is 160 Å². The highest BCUT2D eigenvalue weighted by Gasteiger charge is 2.27. The molecular weight excluding hydrogens is 346 g/mol. The molecule has 0 spiro atoms. The van der Waals surface area contributed by atoms with Crippen molar-refractivity contribution < 1.29 is 9.72 Å². The molecule has 3 rings (SSSR count). The SMILES string of the molecule is CC(CNc1ccc([N+](=O)[O-])c(C(=O)N2CCCC2)c1)N1CCN(C)CC1. The zero-order valence-electron chi connectivity index (χ0n) is 16.2. The van der Waals surface area contributed by atoms with Crippen molar-refractivity contribution in [2.24, 2.45) is 0 Å². The van der Waals surface area contributed by atoms with Crippen LogP contribution in [0.2, 0.25) is 0 Å². The Balaban J connectivity index is 1.67. The Kier molecular flexibility index (Phi) is 6.28. The first-order chi connectivity index (χ1) is 13.0. The minimum atomic E-state index is -0.472. The van der Waals surface area contributed by atoms with E-state index in [9.17, 15) is 14.9 Å². The Morgan fingerprint density at radius 2 is 1.85 bits per heavy atom. The summed E-state index contributed by atoms with van der Waals surface area (Å²) < 4.78 is 0. The van der Waals surface area contributed by atoms with Gasteiger partial charge in [-0.1, -0.05) is 0 Å². The van der Waals surface area contributed by atoms with Gasteiger partial charge in [0.1, 0.15) is 5.56 Å². The highest BCUT2D eigenvalue weighted by Crippen LogP contribution is 2.26. The average Bonchev–Trinajstić information content (AvgIpc) is 3.20. The molecule has 8 heteroatoms. The molecule has 0 radical (unpaired) electrons. The number of carbonyl (C=O) groups is 1. The van der Waals surface area contributed by atoms with Gasteiger partial charge in [-0.2, -0.15) is 0 Å². The van der Waals surface area contributed by atoms with Gasteiger partial charge in [0.2, 0.25) is 0 Å². The van der Waals surface area contributed by atoms with Crippen molar-refractivity contribution in [1.82, 2.24) is 14.7 Å². The minimum Gasteiger partial charge on any atom is -0.383 e. The van der Waals surface area contributed by atoms with Gasteiger partial charge in [-0.15, -0.1) is 0 Å². The van der Waals surface area contributed by atoms with Crippen LogP contribution in [0.5, 0.6) is 0 Å². The average molecular weight is 375 g/mol. The second-order valence-electron chi connectivity index (χ2n) is 7.56. The lowest BCUT2D eigenvalue weighted by Crippen LogP contribution is -2.49. The summed E-state index contributed by atoms with van der Waals surface area (Å²) in [5, 5.41) is 14.7. The first-order valence-corrected chi connectivity index (χ1v) is 9.70. The van der Waals surface area contributed by atoms with Crippen molar-refractivity contribution in [3.63, 3.8) is 0 Å². The summed E-state index contributed by atoms with van der Waals surface area (Å²) in [5.74, 6) is -0.241. The molecule has 0 saturated carbocycles. The maximum Gasteiger partial charge on any atom is 0.282 e. The summed E-state index contributed by atoms with van der Waals surface area (Å²) in [6.45, 7) is 8.48. The Morgan fingerprint density at radius 3 is 2.48 bits per heavy atom. The normalized spacial score (nSPS) is 19.9. The number of anilines is 1. The van der Waals surface area contributed by atoms with E-state index in [1.165, 1.54) is 6.07 Å². The number of rotatable bonds is 6. The van der Waals surface area contributed by atoms with Gasteiger partial charge in [0.25, 0.3) is 11.6 Å². The largest absolute Gasteiger partial charge is 0.383 e. The van der Waals surface area contributed by atoms with Crippen LogP contribution in [0.1, 0.15) is 30.1 Å². The van der Waals surface area contributed by atoms with Gasteiger partial charge in [-0.25, -0.2) is 0 Å². The van der Waals surface area contributed by atoms with Crippen LogP contribution in [-0.2, 0) is 0 Å². The number of nitro benzene ring substituents is 1. The second kappa shape index (κ2) is 8.67. The van der Waals surface area contributed by atoms with E-state index in [2.05, 4.69) is 29.1 Å². The number of likely N-dealkylation sites (tertiary alicyclic amines) is 1. The van der Waals surface area contributed by atoms with Gasteiger partial charge in [0.05, 0.1) is 4.92 Å². The zero-order chi connectivity index (χ0) is 19.4. The number of nitro groups is 1. The van der Waals surface area contributed by atoms with Crippen LogP contribution in [0, 0.1) is 10.1 Å². The summed E-state index contributed by atoms with van der Waals surface area (Å²) in [5.41, 5.74) is 0.813. The Morgan fingerprint density at radius 1 is 1.19 bits per heavy atom. The number of likely N-dealkylation sites (N-methyl/N-ethyl adjacent to an activating group) is 1. The van der Waals surface area contributed by atoms with E-state index in [-0.39, 0.29) is 17.2 Å². The molecule has 0 aromatic heterocycles. The number of hydrogen-bond donors (Lipinski definition) is 1. The fraction of sp³-hybridized carbons (Fsp3) is 0.632. The van der Waals surface area contributed by atoms with Crippen LogP contribution in [0.25, 0.3) is 0 Å². The van der Waals surface area contributed by atoms with Crippen molar-refractivity contribution in [2.45, 2.75) is 25.8 Å². The summed E-state index contributed by atoms with van der Waals surface area (Å²) in [7, 11) is 2.13. The fourth-order valence-electron chi connectivity index (χ4n) is 3.72. The minimum absolute atomic E-state index is 0.121. The quantitative estimate of drug-likeness (QED) is 0.604. The van der Waals surface area contributed by atoms with Gasteiger partial charge >= 0.3 is 0 Å². The Hall–Kier alpha value is -2.19. The predicted molar refractivity (Wildman–Crippen MR) is 105 cm³/mol. The molecule has 2 fully saturated rings.